The van der Waals surface area contributed by atoms with Crippen molar-refractivity contribution in [3.05, 3.63) is 10.9 Å². The van der Waals surface area contributed by atoms with Gasteiger partial charge in [0.05, 0.1) is 6.61 Å². The molecule has 2 aromatic heterocycles. The molecule has 4 nitrogen and oxygen atoms in total. The average Bonchev–Trinajstić information content (AvgIpc) is 2.73. The number of thioether (sulfide) groups is 1. The van der Waals surface area contributed by atoms with Gasteiger partial charge in [-0.3, -0.25) is 0 Å². The molecule has 18 heavy (non-hydrogen) atoms. The molecule has 0 aliphatic rings. The minimum absolute atomic E-state index is 0.164. The third-order valence-corrected chi connectivity index (χ3v) is 4.26. The highest BCUT2D eigenvalue weighted by Crippen LogP contribution is 2.31. The Kier molecular flexibility index (Phi) is 4.79. The zero-order chi connectivity index (χ0) is 13.0. The summed E-state index contributed by atoms with van der Waals surface area (Å²) in [6, 6.07) is 2.11. The van der Waals surface area contributed by atoms with Crippen LogP contribution in [0.1, 0.15) is 18.2 Å². The number of aryl methyl sites for hydroxylation is 1. The molecule has 0 saturated carbocycles. The van der Waals surface area contributed by atoms with Crippen LogP contribution in [0.4, 0.5) is 5.95 Å². The molecule has 0 saturated heterocycles. The van der Waals surface area contributed by atoms with Crippen molar-refractivity contribution in [2.75, 3.05) is 24.2 Å². The highest BCUT2D eigenvalue weighted by molar-refractivity contribution is 7.99. The molecule has 6 heteroatoms. The van der Waals surface area contributed by atoms with Gasteiger partial charge in [-0.25, -0.2) is 9.97 Å². The van der Waals surface area contributed by atoms with Crippen molar-refractivity contribution in [2.45, 2.75) is 25.3 Å². The van der Waals surface area contributed by atoms with Crippen LogP contribution in [0.15, 0.2) is 11.1 Å². The third kappa shape index (κ3) is 3.13. The van der Waals surface area contributed by atoms with Crippen LogP contribution in [0.25, 0.3) is 10.2 Å². The lowest BCUT2D eigenvalue weighted by atomic mass is 10.4. The van der Waals surface area contributed by atoms with E-state index in [0.717, 1.165) is 28.2 Å². The summed E-state index contributed by atoms with van der Waals surface area (Å²) in [6.45, 7) is 5.23. The molecule has 0 atom stereocenters. The van der Waals surface area contributed by atoms with E-state index in [1.807, 2.05) is 0 Å². The molecule has 2 rings (SSSR count). The van der Waals surface area contributed by atoms with Gasteiger partial charge in [0.2, 0.25) is 5.95 Å². The van der Waals surface area contributed by atoms with Crippen molar-refractivity contribution in [1.82, 2.24) is 9.97 Å². The predicted octanol–water partition coefficient (Wildman–Crippen LogP) is 2.91. The fourth-order valence-corrected chi connectivity index (χ4v) is 3.27. The standard InChI is InChI=1S/C12H17N3OS2/c1-3-4-13-12-14-10(17-6-5-16)9-7-8(2)18-11(9)15-12/h7,16H,3-6H2,1-2H3,(H,13,14,15). The van der Waals surface area contributed by atoms with Crippen LogP contribution in [-0.4, -0.2) is 34.0 Å². The normalized spacial score (nSPS) is 11.1. The van der Waals surface area contributed by atoms with E-state index < -0.39 is 0 Å². The van der Waals surface area contributed by atoms with E-state index in [1.54, 1.807) is 23.1 Å². The Bertz CT molecular complexity index is 527. The van der Waals surface area contributed by atoms with E-state index in [1.165, 1.54) is 4.88 Å². The van der Waals surface area contributed by atoms with E-state index in [9.17, 15) is 0 Å². The van der Waals surface area contributed by atoms with E-state index in [4.69, 9.17) is 5.11 Å². The SMILES string of the molecule is CCCNc1nc(SCCO)c2cc(C)sc2n1. The number of hydrogen-bond acceptors (Lipinski definition) is 6. The summed E-state index contributed by atoms with van der Waals surface area (Å²) in [4.78, 5) is 11.3. The summed E-state index contributed by atoms with van der Waals surface area (Å²) in [5.74, 6) is 1.35. The molecular weight excluding hydrogens is 266 g/mol. The molecule has 0 unspecified atom stereocenters. The Hall–Kier alpha value is -0.850. The Morgan fingerprint density at radius 3 is 3.00 bits per heavy atom. The van der Waals surface area contributed by atoms with Crippen LogP contribution in [0.3, 0.4) is 0 Å². The van der Waals surface area contributed by atoms with Crippen LogP contribution >= 0.6 is 23.1 Å². The number of fused-ring (bicyclic) bond motifs is 1. The third-order valence-electron chi connectivity index (χ3n) is 2.34. The summed E-state index contributed by atoms with van der Waals surface area (Å²) in [7, 11) is 0. The maximum atomic E-state index is 8.94. The number of rotatable bonds is 6. The average molecular weight is 283 g/mol. The lowest BCUT2D eigenvalue weighted by Gasteiger charge is -2.06. The molecule has 0 amide bonds. The minimum Gasteiger partial charge on any atom is -0.396 e. The summed E-state index contributed by atoms with van der Waals surface area (Å²) >= 11 is 3.26. The number of aromatic nitrogens is 2. The van der Waals surface area contributed by atoms with Gasteiger partial charge in [-0.05, 0) is 19.4 Å². The lowest BCUT2D eigenvalue weighted by molar-refractivity contribution is 0.322. The van der Waals surface area contributed by atoms with Crippen LogP contribution in [-0.2, 0) is 0 Å². The second-order valence-corrected chi connectivity index (χ2v) is 6.25. The van der Waals surface area contributed by atoms with Gasteiger partial charge in [-0.2, -0.15) is 0 Å². The number of aliphatic hydroxyl groups is 1. The van der Waals surface area contributed by atoms with Crippen molar-refractivity contribution < 1.29 is 5.11 Å². The number of aliphatic hydroxyl groups excluding tert-OH is 1. The first-order valence-electron chi connectivity index (χ1n) is 6.00. The molecule has 0 aliphatic carbocycles. The molecular formula is C12H17N3OS2. The van der Waals surface area contributed by atoms with Gasteiger partial charge in [-0.15, -0.1) is 23.1 Å². The topological polar surface area (TPSA) is 58.0 Å². The fraction of sp³-hybridized carbons (Fsp3) is 0.500. The molecule has 2 N–H and O–H groups in total. The van der Waals surface area contributed by atoms with E-state index in [0.29, 0.717) is 11.7 Å². The summed E-state index contributed by atoms with van der Waals surface area (Å²) in [6.07, 6.45) is 1.05. The Morgan fingerprint density at radius 1 is 1.44 bits per heavy atom. The van der Waals surface area contributed by atoms with Gasteiger partial charge in [0.25, 0.3) is 0 Å². The Morgan fingerprint density at radius 2 is 2.28 bits per heavy atom. The predicted molar refractivity (Wildman–Crippen MR) is 78.7 cm³/mol. The number of nitrogens with one attached hydrogen (secondary N) is 1. The lowest BCUT2D eigenvalue weighted by Crippen LogP contribution is -2.04. The molecule has 98 valence electrons. The van der Waals surface area contributed by atoms with Gasteiger partial charge in [0.15, 0.2) is 0 Å². The summed E-state index contributed by atoms with van der Waals surface area (Å²) < 4.78 is 0. The van der Waals surface area contributed by atoms with Crippen LogP contribution in [0.2, 0.25) is 0 Å². The van der Waals surface area contributed by atoms with Crippen molar-refractivity contribution in [1.29, 1.82) is 0 Å². The van der Waals surface area contributed by atoms with Crippen molar-refractivity contribution in [3.8, 4) is 0 Å². The molecule has 0 spiro atoms. The monoisotopic (exact) mass is 283 g/mol. The Balaban J connectivity index is 2.36. The maximum absolute atomic E-state index is 8.94. The second kappa shape index (κ2) is 6.36. The molecule has 2 aromatic rings. The molecule has 0 bridgehead atoms. The number of nitrogens with zero attached hydrogens (tertiary/aromatic N) is 2. The van der Waals surface area contributed by atoms with Gasteiger partial charge < -0.3 is 10.4 Å². The first-order chi connectivity index (χ1) is 8.74. The Labute approximate surface area is 115 Å². The molecule has 2 heterocycles. The van der Waals surface area contributed by atoms with Crippen LogP contribution in [0.5, 0.6) is 0 Å². The quantitative estimate of drug-likeness (QED) is 0.630. The zero-order valence-corrected chi connectivity index (χ0v) is 12.2. The first-order valence-corrected chi connectivity index (χ1v) is 7.80. The van der Waals surface area contributed by atoms with Gasteiger partial charge in [-0.1, -0.05) is 6.92 Å². The van der Waals surface area contributed by atoms with Crippen LogP contribution in [0, 0.1) is 6.92 Å². The van der Waals surface area contributed by atoms with Gasteiger partial charge in [0, 0.05) is 22.6 Å². The van der Waals surface area contributed by atoms with Crippen molar-refractivity contribution >= 4 is 39.3 Å². The number of hydrogen-bond donors (Lipinski definition) is 2. The van der Waals surface area contributed by atoms with Gasteiger partial charge >= 0.3 is 0 Å². The van der Waals surface area contributed by atoms with Crippen molar-refractivity contribution in [3.63, 3.8) is 0 Å². The second-order valence-electron chi connectivity index (χ2n) is 3.93. The molecule has 0 fully saturated rings. The number of thiophene rings is 1. The molecule has 0 aromatic carbocycles. The zero-order valence-electron chi connectivity index (χ0n) is 10.6. The van der Waals surface area contributed by atoms with E-state index in [2.05, 4.69) is 35.2 Å². The smallest absolute Gasteiger partial charge is 0.225 e. The molecule has 0 radical (unpaired) electrons. The highest BCUT2D eigenvalue weighted by Gasteiger charge is 2.10. The van der Waals surface area contributed by atoms with E-state index >= 15 is 0 Å². The molecule has 0 aliphatic heterocycles. The minimum atomic E-state index is 0.164. The summed E-state index contributed by atoms with van der Waals surface area (Å²) in [5.41, 5.74) is 0. The number of anilines is 1. The van der Waals surface area contributed by atoms with E-state index in [-0.39, 0.29) is 6.61 Å². The summed E-state index contributed by atoms with van der Waals surface area (Å²) in [5, 5.41) is 14.2. The first kappa shape index (κ1) is 13.6. The van der Waals surface area contributed by atoms with Crippen LogP contribution < -0.4 is 5.32 Å². The maximum Gasteiger partial charge on any atom is 0.225 e. The largest absolute Gasteiger partial charge is 0.396 e. The van der Waals surface area contributed by atoms with Gasteiger partial charge in [0.1, 0.15) is 9.86 Å². The fourth-order valence-electron chi connectivity index (χ4n) is 1.58. The highest BCUT2D eigenvalue weighted by atomic mass is 32.2. The van der Waals surface area contributed by atoms with Crippen molar-refractivity contribution in [2.24, 2.45) is 0 Å².